The van der Waals surface area contributed by atoms with Gasteiger partial charge < -0.3 is 16.0 Å². The van der Waals surface area contributed by atoms with Crippen LogP contribution >= 0.6 is 27.7 Å². The van der Waals surface area contributed by atoms with E-state index < -0.39 is 0 Å². The van der Waals surface area contributed by atoms with E-state index in [2.05, 4.69) is 31.9 Å². The maximum absolute atomic E-state index is 11.9. The van der Waals surface area contributed by atoms with Crippen LogP contribution in [0.2, 0.25) is 0 Å². The number of hydrogen-bond donors (Lipinski definition) is 3. The van der Waals surface area contributed by atoms with E-state index in [4.69, 9.17) is 0 Å². The standard InChI is InChI=1S/C17H18BrN3O2S/c1-24-15-4-2-3-14(11-15)20-16(22)9-10-19-17(23)21-13-7-5-12(18)6-8-13/h2-8,11H,9-10H2,1H3,(H,20,22)(H2,19,21,23). The monoisotopic (exact) mass is 407 g/mol. The minimum Gasteiger partial charge on any atom is -0.337 e. The normalized spacial score (nSPS) is 10.1. The van der Waals surface area contributed by atoms with Crippen molar-refractivity contribution in [1.29, 1.82) is 0 Å². The van der Waals surface area contributed by atoms with Gasteiger partial charge in [0.05, 0.1) is 0 Å². The highest BCUT2D eigenvalue weighted by Gasteiger charge is 2.05. The molecule has 0 aliphatic heterocycles. The van der Waals surface area contributed by atoms with Crippen molar-refractivity contribution in [2.75, 3.05) is 23.4 Å². The SMILES string of the molecule is CSc1cccc(NC(=O)CCNC(=O)Nc2ccc(Br)cc2)c1. The molecule has 2 aromatic rings. The van der Waals surface area contributed by atoms with Gasteiger partial charge in [-0.1, -0.05) is 22.0 Å². The molecule has 0 fully saturated rings. The minimum absolute atomic E-state index is 0.141. The van der Waals surface area contributed by atoms with Crippen molar-refractivity contribution >= 4 is 51.0 Å². The molecule has 0 unspecified atom stereocenters. The summed E-state index contributed by atoms with van der Waals surface area (Å²) in [5.41, 5.74) is 1.44. The fourth-order valence-corrected chi connectivity index (χ4v) is 2.65. The maximum atomic E-state index is 11.9. The average Bonchev–Trinajstić information content (AvgIpc) is 2.57. The summed E-state index contributed by atoms with van der Waals surface area (Å²) in [6.45, 7) is 0.260. The van der Waals surface area contributed by atoms with Crippen LogP contribution in [-0.2, 0) is 4.79 Å². The third kappa shape index (κ3) is 6.25. The number of halogens is 1. The van der Waals surface area contributed by atoms with E-state index in [1.165, 1.54) is 0 Å². The van der Waals surface area contributed by atoms with Crippen LogP contribution < -0.4 is 16.0 Å². The third-order valence-corrected chi connectivity index (χ3v) is 4.35. The number of benzene rings is 2. The van der Waals surface area contributed by atoms with Gasteiger partial charge >= 0.3 is 6.03 Å². The molecule has 0 saturated heterocycles. The molecular weight excluding hydrogens is 390 g/mol. The molecule has 0 aromatic heterocycles. The summed E-state index contributed by atoms with van der Waals surface area (Å²) in [5.74, 6) is -0.141. The van der Waals surface area contributed by atoms with E-state index in [0.29, 0.717) is 5.69 Å². The molecule has 0 atom stereocenters. The zero-order valence-corrected chi connectivity index (χ0v) is 15.5. The summed E-state index contributed by atoms with van der Waals surface area (Å²) in [6, 6.07) is 14.5. The van der Waals surface area contributed by atoms with Gasteiger partial charge in [-0.3, -0.25) is 4.79 Å². The number of thioether (sulfide) groups is 1. The number of anilines is 2. The molecule has 0 saturated carbocycles. The molecular formula is C17H18BrN3O2S. The summed E-state index contributed by atoms with van der Waals surface area (Å²) in [6.07, 6.45) is 2.19. The average molecular weight is 408 g/mol. The van der Waals surface area contributed by atoms with Crippen LogP contribution in [0.15, 0.2) is 57.9 Å². The first-order chi connectivity index (χ1) is 11.6. The van der Waals surface area contributed by atoms with E-state index in [1.54, 1.807) is 23.9 Å². The highest BCUT2D eigenvalue weighted by molar-refractivity contribution is 9.10. The molecule has 0 heterocycles. The number of urea groups is 1. The third-order valence-electron chi connectivity index (χ3n) is 3.09. The van der Waals surface area contributed by atoms with Gasteiger partial charge in [-0.15, -0.1) is 11.8 Å². The van der Waals surface area contributed by atoms with Crippen molar-refractivity contribution < 1.29 is 9.59 Å². The number of amides is 3. The van der Waals surface area contributed by atoms with E-state index in [9.17, 15) is 9.59 Å². The predicted molar refractivity (Wildman–Crippen MR) is 103 cm³/mol. The number of hydrogen-bond acceptors (Lipinski definition) is 3. The van der Waals surface area contributed by atoms with Gasteiger partial charge in [0.15, 0.2) is 0 Å². The van der Waals surface area contributed by atoms with Crippen LogP contribution in [0.1, 0.15) is 6.42 Å². The predicted octanol–water partition coefficient (Wildman–Crippen LogP) is 4.32. The zero-order valence-electron chi connectivity index (χ0n) is 13.1. The first-order valence-corrected chi connectivity index (χ1v) is 9.33. The lowest BCUT2D eigenvalue weighted by atomic mass is 10.3. The van der Waals surface area contributed by atoms with Gasteiger partial charge in [0, 0.05) is 33.7 Å². The van der Waals surface area contributed by atoms with Crippen molar-refractivity contribution in [3.05, 3.63) is 53.0 Å². The Morgan fingerprint density at radius 1 is 1.04 bits per heavy atom. The second-order valence-corrected chi connectivity index (χ2v) is 6.71. The summed E-state index contributed by atoms with van der Waals surface area (Å²) in [7, 11) is 0. The smallest absolute Gasteiger partial charge is 0.319 e. The molecule has 0 spiro atoms. The molecule has 0 bridgehead atoms. The molecule has 126 valence electrons. The summed E-state index contributed by atoms with van der Waals surface area (Å²) in [5, 5.41) is 8.18. The molecule has 0 aliphatic carbocycles. The van der Waals surface area contributed by atoms with Crippen LogP contribution in [0.25, 0.3) is 0 Å². The summed E-state index contributed by atoms with van der Waals surface area (Å²) in [4.78, 5) is 24.7. The number of rotatable bonds is 6. The topological polar surface area (TPSA) is 70.2 Å². The molecule has 2 aromatic carbocycles. The van der Waals surface area contributed by atoms with Gasteiger partial charge in [0.25, 0.3) is 0 Å². The van der Waals surface area contributed by atoms with Gasteiger partial charge in [-0.25, -0.2) is 4.79 Å². The fourth-order valence-electron chi connectivity index (χ4n) is 1.92. The Morgan fingerprint density at radius 3 is 2.50 bits per heavy atom. The molecule has 0 aliphatic rings. The Labute approximate surface area is 153 Å². The Kier molecular flexibility index (Phi) is 7.14. The Bertz CT molecular complexity index is 707. The molecule has 7 heteroatoms. The Balaban J connectivity index is 1.71. The van der Waals surface area contributed by atoms with Crippen LogP contribution in [-0.4, -0.2) is 24.7 Å². The lowest BCUT2D eigenvalue weighted by Gasteiger charge is -2.09. The van der Waals surface area contributed by atoms with Crippen molar-refractivity contribution in [1.82, 2.24) is 5.32 Å². The van der Waals surface area contributed by atoms with E-state index in [-0.39, 0.29) is 24.9 Å². The highest BCUT2D eigenvalue weighted by Crippen LogP contribution is 2.19. The summed E-state index contributed by atoms with van der Waals surface area (Å²) < 4.78 is 0.940. The van der Waals surface area contributed by atoms with E-state index in [1.807, 2.05) is 42.7 Å². The maximum Gasteiger partial charge on any atom is 0.319 e. The second-order valence-electron chi connectivity index (χ2n) is 4.92. The Morgan fingerprint density at radius 2 is 1.79 bits per heavy atom. The lowest BCUT2D eigenvalue weighted by Crippen LogP contribution is -2.31. The van der Waals surface area contributed by atoms with Gasteiger partial charge in [0.2, 0.25) is 5.91 Å². The van der Waals surface area contributed by atoms with Crippen molar-refractivity contribution in [2.45, 2.75) is 11.3 Å². The molecule has 0 radical (unpaired) electrons. The Hall–Kier alpha value is -1.99. The van der Waals surface area contributed by atoms with Crippen molar-refractivity contribution in [3.8, 4) is 0 Å². The molecule has 3 N–H and O–H groups in total. The van der Waals surface area contributed by atoms with Gasteiger partial charge in [-0.2, -0.15) is 0 Å². The first kappa shape index (κ1) is 18.4. The quantitative estimate of drug-likeness (QED) is 0.624. The molecule has 3 amide bonds. The van der Waals surface area contributed by atoms with Crippen LogP contribution in [0.3, 0.4) is 0 Å². The van der Waals surface area contributed by atoms with Crippen LogP contribution in [0.4, 0.5) is 16.2 Å². The first-order valence-electron chi connectivity index (χ1n) is 7.31. The molecule has 24 heavy (non-hydrogen) atoms. The van der Waals surface area contributed by atoms with Crippen molar-refractivity contribution in [2.24, 2.45) is 0 Å². The van der Waals surface area contributed by atoms with Gasteiger partial charge in [-0.05, 0) is 48.7 Å². The fraction of sp³-hybridized carbons (Fsp3) is 0.176. The minimum atomic E-state index is -0.338. The van der Waals surface area contributed by atoms with Crippen LogP contribution in [0.5, 0.6) is 0 Å². The van der Waals surface area contributed by atoms with Gasteiger partial charge in [0.1, 0.15) is 0 Å². The van der Waals surface area contributed by atoms with Crippen LogP contribution in [0, 0.1) is 0 Å². The second kappa shape index (κ2) is 9.34. The highest BCUT2D eigenvalue weighted by atomic mass is 79.9. The van der Waals surface area contributed by atoms with E-state index in [0.717, 1.165) is 15.1 Å². The zero-order chi connectivity index (χ0) is 17.4. The number of nitrogens with one attached hydrogen (secondary N) is 3. The molecule has 5 nitrogen and oxygen atoms in total. The van der Waals surface area contributed by atoms with Crippen molar-refractivity contribution in [3.63, 3.8) is 0 Å². The molecule has 2 rings (SSSR count). The lowest BCUT2D eigenvalue weighted by molar-refractivity contribution is -0.116. The van der Waals surface area contributed by atoms with E-state index >= 15 is 0 Å². The number of carbonyl (C=O) groups excluding carboxylic acids is 2. The summed E-state index contributed by atoms with van der Waals surface area (Å²) >= 11 is 4.95. The largest absolute Gasteiger partial charge is 0.337 e. The number of carbonyl (C=O) groups is 2.